The van der Waals surface area contributed by atoms with E-state index in [1.807, 2.05) is 19.1 Å². The number of hydrogen-bond acceptors (Lipinski definition) is 2. The molecule has 0 unspecified atom stereocenters. The van der Waals surface area contributed by atoms with Crippen molar-refractivity contribution in [3.63, 3.8) is 0 Å². The molecule has 2 rings (SSSR count). The fourth-order valence-corrected chi connectivity index (χ4v) is 3.23. The number of ketones is 1. The number of aryl methyl sites for hydroxylation is 1. The summed E-state index contributed by atoms with van der Waals surface area (Å²) >= 11 is 3.51. The van der Waals surface area contributed by atoms with E-state index in [1.165, 1.54) is 6.42 Å². The van der Waals surface area contributed by atoms with Crippen molar-refractivity contribution < 1.29 is 9.53 Å². The molecular weight excluding hydrogens is 304 g/mol. The Hall–Kier alpha value is -0.830. The Morgan fingerprint density at radius 1 is 1.26 bits per heavy atom. The molecule has 0 amide bonds. The molecule has 1 fully saturated rings. The largest absolute Gasteiger partial charge is 0.496 e. The molecule has 1 saturated carbocycles. The maximum Gasteiger partial charge on any atom is 0.172 e. The molecule has 0 radical (unpaired) electrons. The average molecular weight is 325 g/mol. The van der Waals surface area contributed by atoms with Crippen LogP contribution in [0.3, 0.4) is 0 Å². The SMILES string of the molecule is COc1cc(C)c(Br)cc1C(=O)C1(C)CCCCC1. The van der Waals surface area contributed by atoms with Crippen LogP contribution in [0.4, 0.5) is 0 Å². The van der Waals surface area contributed by atoms with Gasteiger partial charge in [0.1, 0.15) is 5.75 Å². The number of ether oxygens (including phenoxy) is 1. The number of carbonyl (C=O) groups is 1. The second-order valence-electron chi connectivity index (χ2n) is 5.75. The predicted octanol–water partition coefficient (Wildman–Crippen LogP) is 4.92. The van der Waals surface area contributed by atoms with Crippen LogP contribution in [-0.4, -0.2) is 12.9 Å². The molecule has 2 nitrogen and oxygen atoms in total. The van der Waals surface area contributed by atoms with E-state index in [-0.39, 0.29) is 11.2 Å². The van der Waals surface area contributed by atoms with E-state index in [4.69, 9.17) is 4.74 Å². The van der Waals surface area contributed by atoms with E-state index in [2.05, 4.69) is 22.9 Å². The Kier molecular flexibility index (Phi) is 4.34. The number of Topliss-reactive ketones (excluding diaryl/α,β-unsaturated/α-hetero) is 1. The van der Waals surface area contributed by atoms with E-state index in [0.29, 0.717) is 11.3 Å². The first-order valence-electron chi connectivity index (χ1n) is 6.87. The third kappa shape index (κ3) is 2.86. The highest BCUT2D eigenvalue weighted by Crippen LogP contribution is 2.41. The van der Waals surface area contributed by atoms with Crippen molar-refractivity contribution in [1.29, 1.82) is 0 Å². The fourth-order valence-electron chi connectivity index (χ4n) is 2.89. The highest BCUT2D eigenvalue weighted by atomic mass is 79.9. The Bertz CT molecular complexity index is 488. The molecule has 0 bridgehead atoms. The number of rotatable bonds is 3. The third-order valence-electron chi connectivity index (χ3n) is 4.23. The molecule has 1 aromatic rings. The minimum absolute atomic E-state index is 0.222. The van der Waals surface area contributed by atoms with Crippen molar-refractivity contribution in [1.82, 2.24) is 0 Å². The fraction of sp³-hybridized carbons (Fsp3) is 0.562. The molecule has 0 aromatic heterocycles. The summed E-state index contributed by atoms with van der Waals surface area (Å²) in [5, 5.41) is 0. The van der Waals surface area contributed by atoms with E-state index >= 15 is 0 Å². The molecule has 0 spiro atoms. The van der Waals surface area contributed by atoms with Crippen molar-refractivity contribution in [2.45, 2.75) is 46.0 Å². The number of hydrogen-bond donors (Lipinski definition) is 0. The van der Waals surface area contributed by atoms with Gasteiger partial charge >= 0.3 is 0 Å². The van der Waals surface area contributed by atoms with E-state index in [0.717, 1.165) is 35.7 Å². The summed E-state index contributed by atoms with van der Waals surface area (Å²) in [6, 6.07) is 3.85. The maximum absolute atomic E-state index is 12.9. The molecule has 0 heterocycles. The van der Waals surface area contributed by atoms with Crippen molar-refractivity contribution in [3.8, 4) is 5.75 Å². The van der Waals surface area contributed by atoms with Crippen LogP contribution in [0.2, 0.25) is 0 Å². The van der Waals surface area contributed by atoms with Gasteiger partial charge in [-0.15, -0.1) is 0 Å². The summed E-state index contributed by atoms with van der Waals surface area (Å²) < 4.78 is 6.37. The van der Waals surface area contributed by atoms with Crippen molar-refractivity contribution in [2.75, 3.05) is 7.11 Å². The van der Waals surface area contributed by atoms with Gasteiger partial charge in [0, 0.05) is 9.89 Å². The summed E-state index contributed by atoms with van der Waals surface area (Å²) in [6.45, 7) is 4.10. The number of carbonyl (C=O) groups excluding carboxylic acids is 1. The zero-order valence-corrected chi connectivity index (χ0v) is 13.5. The standard InChI is InChI=1S/C16H21BrO2/c1-11-9-14(19-3)12(10-13(11)17)15(18)16(2)7-5-4-6-8-16/h9-10H,4-8H2,1-3H3. The molecule has 0 atom stereocenters. The maximum atomic E-state index is 12.9. The van der Waals surface area contributed by atoms with Gasteiger partial charge in [-0.2, -0.15) is 0 Å². The van der Waals surface area contributed by atoms with Gasteiger partial charge in [-0.3, -0.25) is 4.79 Å². The van der Waals surface area contributed by atoms with Gasteiger partial charge in [0.15, 0.2) is 5.78 Å². The molecule has 104 valence electrons. The van der Waals surface area contributed by atoms with Gasteiger partial charge < -0.3 is 4.74 Å². The first-order valence-corrected chi connectivity index (χ1v) is 7.66. The van der Waals surface area contributed by atoms with Gasteiger partial charge in [-0.25, -0.2) is 0 Å². The molecule has 1 aliphatic carbocycles. The molecule has 0 saturated heterocycles. The highest BCUT2D eigenvalue weighted by Gasteiger charge is 2.36. The Morgan fingerprint density at radius 2 is 1.89 bits per heavy atom. The third-order valence-corrected chi connectivity index (χ3v) is 5.08. The lowest BCUT2D eigenvalue weighted by molar-refractivity contribution is 0.0746. The molecule has 0 N–H and O–H groups in total. The van der Waals surface area contributed by atoms with Crippen LogP contribution < -0.4 is 4.74 Å². The minimum atomic E-state index is -0.222. The molecular formula is C16H21BrO2. The summed E-state index contributed by atoms with van der Waals surface area (Å²) in [7, 11) is 1.63. The Balaban J connectivity index is 2.40. The van der Waals surface area contributed by atoms with Crippen LogP contribution in [0.25, 0.3) is 0 Å². The van der Waals surface area contributed by atoms with Gasteiger partial charge in [0.25, 0.3) is 0 Å². The molecule has 19 heavy (non-hydrogen) atoms. The second-order valence-corrected chi connectivity index (χ2v) is 6.61. The topological polar surface area (TPSA) is 26.3 Å². The lowest BCUT2D eigenvalue weighted by atomic mass is 9.71. The second kappa shape index (κ2) is 5.66. The van der Waals surface area contributed by atoms with Crippen LogP contribution in [0.1, 0.15) is 54.9 Å². The number of halogens is 1. The van der Waals surface area contributed by atoms with E-state index in [1.54, 1.807) is 7.11 Å². The van der Waals surface area contributed by atoms with E-state index in [9.17, 15) is 4.79 Å². The van der Waals surface area contributed by atoms with Crippen LogP contribution in [0.5, 0.6) is 5.75 Å². The Labute approximate surface area is 123 Å². The smallest absolute Gasteiger partial charge is 0.172 e. The quantitative estimate of drug-likeness (QED) is 0.737. The highest BCUT2D eigenvalue weighted by molar-refractivity contribution is 9.10. The summed E-state index contributed by atoms with van der Waals surface area (Å²) in [5.41, 5.74) is 1.58. The van der Waals surface area contributed by atoms with Crippen LogP contribution in [0, 0.1) is 12.3 Å². The lowest BCUT2D eigenvalue weighted by Gasteiger charge is -2.32. The zero-order valence-electron chi connectivity index (χ0n) is 11.9. The lowest BCUT2D eigenvalue weighted by Crippen LogP contribution is -2.30. The van der Waals surface area contributed by atoms with Crippen molar-refractivity contribution >= 4 is 21.7 Å². The zero-order chi connectivity index (χ0) is 14.0. The normalized spacial score (nSPS) is 18.1. The predicted molar refractivity (Wildman–Crippen MR) is 81.0 cm³/mol. The van der Waals surface area contributed by atoms with Crippen molar-refractivity contribution in [2.24, 2.45) is 5.41 Å². The van der Waals surface area contributed by atoms with Crippen molar-refractivity contribution in [3.05, 3.63) is 27.7 Å². The summed E-state index contributed by atoms with van der Waals surface area (Å²) in [5.74, 6) is 0.919. The molecule has 3 heteroatoms. The Morgan fingerprint density at radius 3 is 2.47 bits per heavy atom. The van der Waals surface area contributed by atoms with Gasteiger partial charge in [-0.05, 0) is 37.5 Å². The number of benzene rings is 1. The molecule has 1 aliphatic rings. The van der Waals surface area contributed by atoms with E-state index < -0.39 is 0 Å². The molecule has 1 aromatic carbocycles. The average Bonchev–Trinajstić information content (AvgIpc) is 2.41. The van der Waals surface area contributed by atoms with Gasteiger partial charge in [-0.1, -0.05) is 42.1 Å². The van der Waals surface area contributed by atoms with Gasteiger partial charge in [0.2, 0.25) is 0 Å². The van der Waals surface area contributed by atoms with Crippen LogP contribution in [0.15, 0.2) is 16.6 Å². The van der Waals surface area contributed by atoms with Crippen LogP contribution in [-0.2, 0) is 0 Å². The number of methoxy groups -OCH3 is 1. The first-order chi connectivity index (χ1) is 8.98. The van der Waals surface area contributed by atoms with Crippen LogP contribution >= 0.6 is 15.9 Å². The van der Waals surface area contributed by atoms with Gasteiger partial charge in [0.05, 0.1) is 12.7 Å². The summed E-state index contributed by atoms with van der Waals surface area (Å²) in [4.78, 5) is 12.9. The minimum Gasteiger partial charge on any atom is -0.496 e. The first kappa shape index (κ1) is 14.6. The monoisotopic (exact) mass is 324 g/mol. The summed E-state index contributed by atoms with van der Waals surface area (Å²) in [6.07, 6.45) is 5.52. The molecule has 0 aliphatic heterocycles.